The van der Waals surface area contributed by atoms with Gasteiger partial charge in [-0.25, -0.2) is 9.80 Å². The third-order valence-corrected chi connectivity index (χ3v) is 5.00. The van der Waals surface area contributed by atoms with Gasteiger partial charge in [-0.15, -0.1) is 0 Å². The van der Waals surface area contributed by atoms with Gasteiger partial charge in [0.2, 0.25) is 0 Å². The lowest BCUT2D eigenvalue weighted by molar-refractivity contribution is -0.137. The van der Waals surface area contributed by atoms with Crippen molar-refractivity contribution >= 4 is 29.0 Å². The van der Waals surface area contributed by atoms with Crippen LogP contribution in [0.25, 0.3) is 0 Å². The summed E-state index contributed by atoms with van der Waals surface area (Å²) in [6, 6.07) is 11.1. The number of ether oxygens (including phenoxy) is 1. The first-order valence-corrected chi connectivity index (χ1v) is 9.75. The van der Waals surface area contributed by atoms with Crippen LogP contribution in [0.3, 0.4) is 0 Å². The van der Waals surface area contributed by atoms with Crippen molar-refractivity contribution in [2.75, 3.05) is 25.6 Å². The molecule has 1 heterocycles. The van der Waals surface area contributed by atoms with Gasteiger partial charge < -0.3 is 10.1 Å². The highest BCUT2D eigenvalue weighted by molar-refractivity contribution is 6.30. The maximum Gasteiger partial charge on any atom is 0.416 e. The molecule has 2 aromatic carbocycles. The fraction of sp³-hybridized carbons (Fsp3) is 0.333. The molecule has 9 heteroatoms. The molecule has 0 saturated heterocycles. The summed E-state index contributed by atoms with van der Waals surface area (Å²) in [7, 11) is 1.60. The number of carbonyl (C=O) groups excluding carboxylic acids is 1. The van der Waals surface area contributed by atoms with Crippen LogP contribution in [-0.4, -0.2) is 37.0 Å². The summed E-state index contributed by atoms with van der Waals surface area (Å²) in [6.45, 7) is 0.882. The number of nitrogens with zero attached hydrogens (tertiary/aromatic N) is 2. The lowest BCUT2D eigenvalue weighted by Crippen LogP contribution is -2.30. The Morgan fingerprint density at radius 2 is 1.87 bits per heavy atom. The highest BCUT2D eigenvalue weighted by Gasteiger charge is 2.33. The molecular formula is C21H21ClF3N3O2. The predicted molar refractivity (Wildman–Crippen MR) is 110 cm³/mol. The molecule has 1 unspecified atom stereocenters. The van der Waals surface area contributed by atoms with Gasteiger partial charge in [0, 0.05) is 30.3 Å². The van der Waals surface area contributed by atoms with E-state index in [1.165, 1.54) is 17.1 Å². The second-order valence-corrected chi connectivity index (χ2v) is 7.35. The number of hydrogen-bond donors (Lipinski definition) is 1. The molecule has 0 bridgehead atoms. The number of urea groups is 1. The predicted octanol–water partition coefficient (Wildman–Crippen LogP) is 5.65. The average Bonchev–Trinajstić information content (AvgIpc) is 3.14. The third kappa shape index (κ3) is 5.52. The SMILES string of the molecule is COCCCC1CN(C(=O)Nc2ccc(Cl)cc2)N=C1c1ccc(C(F)(F)F)cc1. The largest absolute Gasteiger partial charge is 0.416 e. The molecule has 1 aliphatic heterocycles. The van der Waals surface area contributed by atoms with Gasteiger partial charge in [-0.1, -0.05) is 23.7 Å². The second kappa shape index (κ2) is 9.49. The summed E-state index contributed by atoms with van der Waals surface area (Å²) in [5.41, 5.74) is 0.995. The first-order valence-electron chi connectivity index (χ1n) is 9.37. The van der Waals surface area contributed by atoms with E-state index in [9.17, 15) is 18.0 Å². The molecule has 2 amide bonds. The molecular weight excluding hydrogens is 419 g/mol. The van der Waals surface area contributed by atoms with E-state index in [0.29, 0.717) is 41.6 Å². The summed E-state index contributed by atoms with van der Waals surface area (Å²) < 4.78 is 43.7. The first kappa shape index (κ1) is 22.1. The van der Waals surface area contributed by atoms with Crippen LogP contribution in [-0.2, 0) is 10.9 Å². The molecule has 2 aromatic rings. The molecule has 0 radical (unpaired) electrons. The minimum atomic E-state index is -4.40. The van der Waals surface area contributed by atoms with E-state index in [2.05, 4.69) is 10.4 Å². The summed E-state index contributed by atoms with van der Waals surface area (Å²) in [6.07, 6.45) is -2.97. The Morgan fingerprint density at radius 1 is 1.20 bits per heavy atom. The van der Waals surface area contributed by atoms with Gasteiger partial charge in [-0.2, -0.15) is 18.3 Å². The average molecular weight is 440 g/mol. The van der Waals surface area contributed by atoms with Crippen molar-refractivity contribution in [3.63, 3.8) is 0 Å². The van der Waals surface area contributed by atoms with Crippen LogP contribution in [0.1, 0.15) is 24.0 Å². The minimum Gasteiger partial charge on any atom is -0.385 e. The molecule has 0 fully saturated rings. The number of rotatable bonds is 6. The van der Waals surface area contributed by atoms with Crippen LogP contribution in [0, 0.1) is 5.92 Å². The molecule has 0 aromatic heterocycles. The van der Waals surface area contributed by atoms with Crippen molar-refractivity contribution in [1.29, 1.82) is 0 Å². The second-order valence-electron chi connectivity index (χ2n) is 6.91. The van der Waals surface area contributed by atoms with Gasteiger partial charge in [0.15, 0.2) is 0 Å². The third-order valence-electron chi connectivity index (χ3n) is 4.75. The number of anilines is 1. The highest BCUT2D eigenvalue weighted by Crippen LogP contribution is 2.31. The fourth-order valence-electron chi connectivity index (χ4n) is 3.22. The van der Waals surface area contributed by atoms with E-state index >= 15 is 0 Å². The molecule has 1 aliphatic rings. The Morgan fingerprint density at radius 3 is 2.47 bits per heavy atom. The standard InChI is InChI=1S/C21H21ClF3N3O2/c1-30-12-2-3-15-13-28(20(29)26-18-10-8-17(22)9-11-18)27-19(15)14-4-6-16(7-5-14)21(23,24)25/h4-11,15H,2-3,12-13H2,1H3,(H,26,29). The zero-order valence-corrected chi connectivity index (χ0v) is 17.0. The van der Waals surface area contributed by atoms with Gasteiger partial charge in [0.05, 0.1) is 17.8 Å². The molecule has 1 N–H and O–H groups in total. The van der Waals surface area contributed by atoms with Crippen LogP contribution in [0.15, 0.2) is 53.6 Å². The number of benzene rings is 2. The molecule has 0 aliphatic carbocycles. The Balaban J connectivity index is 1.79. The fourth-order valence-corrected chi connectivity index (χ4v) is 3.35. The van der Waals surface area contributed by atoms with Gasteiger partial charge >= 0.3 is 12.2 Å². The lowest BCUT2D eigenvalue weighted by atomic mass is 9.93. The molecule has 30 heavy (non-hydrogen) atoms. The Bertz CT molecular complexity index is 899. The number of nitrogens with one attached hydrogen (secondary N) is 1. The summed E-state index contributed by atoms with van der Waals surface area (Å²) in [4.78, 5) is 12.6. The molecule has 5 nitrogen and oxygen atoms in total. The molecule has 0 saturated carbocycles. The zero-order valence-electron chi connectivity index (χ0n) is 16.2. The van der Waals surface area contributed by atoms with Gasteiger partial charge in [0.1, 0.15) is 0 Å². The van der Waals surface area contributed by atoms with E-state index in [1.807, 2.05) is 0 Å². The molecule has 3 rings (SSSR count). The Hall–Kier alpha value is -2.58. The Labute approximate surface area is 177 Å². The van der Waals surface area contributed by atoms with Crippen LogP contribution in [0.5, 0.6) is 0 Å². The van der Waals surface area contributed by atoms with Crippen LogP contribution in [0.4, 0.5) is 23.7 Å². The summed E-state index contributed by atoms with van der Waals surface area (Å²) >= 11 is 5.86. The van der Waals surface area contributed by atoms with E-state index in [1.54, 1.807) is 31.4 Å². The summed E-state index contributed by atoms with van der Waals surface area (Å²) in [5, 5.41) is 9.02. The van der Waals surface area contributed by atoms with Crippen LogP contribution < -0.4 is 5.32 Å². The maximum atomic E-state index is 12.9. The monoisotopic (exact) mass is 439 g/mol. The summed E-state index contributed by atoms with van der Waals surface area (Å²) in [5.74, 6) is -0.104. The van der Waals surface area contributed by atoms with Crippen LogP contribution >= 0.6 is 11.6 Å². The van der Waals surface area contributed by atoms with Crippen molar-refractivity contribution in [2.24, 2.45) is 11.0 Å². The number of halogens is 4. The number of hydrogen-bond acceptors (Lipinski definition) is 3. The van der Waals surface area contributed by atoms with Crippen molar-refractivity contribution in [2.45, 2.75) is 19.0 Å². The van der Waals surface area contributed by atoms with Crippen molar-refractivity contribution < 1.29 is 22.7 Å². The number of methoxy groups -OCH3 is 1. The number of alkyl halides is 3. The topological polar surface area (TPSA) is 53.9 Å². The van der Waals surface area contributed by atoms with E-state index in [4.69, 9.17) is 16.3 Å². The lowest BCUT2D eigenvalue weighted by Gasteiger charge is -2.15. The number of amides is 2. The van der Waals surface area contributed by atoms with Crippen molar-refractivity contribution in [1.82, 2.24) is 5.01 Å². The first-order chi connectivity index (χ1) is 14.3. The van der Waals surface area contributed by atoms with Crippen molar-refractivity contribution in [3.05, 3.63) is 64.7 Å². The van der Waals surface area contributed by atoms with Gasteiger partial charge in [-0.05, 0) is 54.8 Å². The van der Waals surface area contributed by atoms with Crippen molar-refractivity contribution in [3.8, 4) is 0 Å². The smallest absolute Gasteiger partial charge is 0.385 e. The molecule has 1 atom stereocenters. The van der Waals surface area contributed by atoms with Crippen LogP contribution in [0.2, 0.25) is 5.02 Å². The van der Waals surface area contributed by atoms with E-state index in [-0.39, 0.29) is 5.92 Å². The zero-order chi connectivity index (χ0) is 21.7. The van der Waals surface area contributed by atoms with E-state index in [0.717, 1.165) is 18.6 Å². The van der Waals surface area contributed by atoms with Gasteiger partial charge in [0.25, 0.3) is 0 Å². The minimum absolute atomic E-state index is 0.104. The number of carbonyl (C=O) groups is 1. The Kier molecular flexibility index (Phi) is 6.99. The van der Waals surface area contributed by atoms with E-state index < -0.39 is 17.8 Å². The number of hydrazone groups is 1. The normalized spacial score (nSPS) is 16.5. The quantitative estimate of drug-likeness (QED) is 0.591. The maximum absolute atomic E-state index is 12.9. The molecule has 0 spiro atoms. The molecule has 160 valence electrons. The highest BCUT2D eigenvalue weighted by atomic mass is 35.5. The van der Waals surface area contributed by atoms with Gasteiger partial charge in [-0.3, -0.25) is 0 Å².